The van der Waals surface area contributed by atoms with E-state index in [9.17, 15) is 0 Å². The fourth-order valence-electron chi connectivity index (χ4n) is 2.39. The molecule has 1 nitrogen and oxygen atoms in total. The molecule has 1 aliphatic rings. The molecule has 0 saturated heterocycles. The van der Waals surface area contributed by atoms with Crippen LogP contribution < -0.4 is 5.32 Å². The molecule has 1 fully saturated rings. The Morgan fingerprint density at radius 2 is 2.14 bits per heavy atom. The van der Waals surface area contributed by atoms with Crippen molar-refractivity contribution in [1.82, 2.24) is 5.32 Å². The van der Waals surface area contributed by atoms with Crippen LogP contribution in [0, 0.1) is 5.92 Å². The second kappa shape index (κ2) is 6.23. The van der Waals surface area contributed by atoms with Gasteiger partial charge in [-0.3, -0.25) is 0 Å². The van der Waals surface area contributed by atoms with Crippen LogP contribution in [0.2, 0.25) is 0 Å². The molecule has 0 amide bonds. The summed E-state index contributed by atoms with van der Waals surface area (Å²) in [5, 5.41) is 3.67. The molecular weight excluding hydrogens is 170 g/mol. The molecule has 82 valence electrons. The van der Waals surface area contributed by atoms with E-state index in [1.54, 1.807) is 0 Å². The average molecular weight is 195 g/mol. The molecule has 0 heterocycles. The van der Waals surface area contributed by atoms with Gasteiger partial charge in [-0.2, -0.15) is 0 Å². The van der Waals surface area contributed by atoms with Gasteiger partial charge < -0.3 is 5.32 Å². The van der Waals surface area contributed by atoms with Crippen LogP contribution in [0.1, 0.15) is 52.4 Å². The predicted molar refractivity (Wildman–Crippen MR) is 63.5 cm³/mol. The van der Waals surface area contributed by atoms with Crippen molar-refractivity contribution in [3.8, 4) is 0 Å². The Balaban J connectivity index is 2.31. The third-order valence-electron chi connectivity index (χ3n) is 3.37. The molecule has 0 aromatic heterocycles. The van der Waals surface area contributed by atoms with E-state index in [1.165, 1.54) is 44.2 Å². The van der Waals surface area contributed by atoms with Crippen molar-refractivity contribution < 1.29 is 0 Å². The quantitative estimate of drug-likeness (QED) is 0.640. The monoisotopic (exact) mass is 195 g/mol. The summed E-state index contributed by atoms with van der Waals surface area (Å²) in [6, 6.07) is 0.776. The van der Waals surface area contributed by atoms with E-state index in [2.05, 4.69) is 25.7 Å². The number of rotatable bonds is 6. The molecule has 0 bridgehead atoms. The molecule has 1 N–H and O–H groups in total. The van der Waals surface area contributed by atoms with E-state index in [1.807, 2.05) is 0 Å². The molecule has 2 unspecified atom stereocenters. The second-order valence-corrected chi connectivity index (χ2v) is 4.56. The molecule has 1 rings (SSSR count). The van der Waals surface area contributed by atoms with E-state index in [0.29, 0.717) is 0 Å². The van der Waals surface area contributed by atoms with Crippen LogP contribution in [0.5, 0.6) is 0 Å². The van der Waals surface area contributed by atoms with Crippen molar-refractivity contribution in [2.75, 3.05) is 6.54 Å². The van der Waals surface area contributed by atoms with Gasteiger partial charge in [0.15, 0.2) is 0 Å². The van der Waals surface area contributed by atoms with E-state index >= 15 is 0 Å². The van der Waals surface area contributed by atoms with Crippen LogP contribution in [-0.2, 0) is 0 Å². The van der Waals surface area contributed by atoms with Crippen LogP contribution in [0.15, 0.2) is 12.2 Å². The largest absolute Gasteiger partial charge is 0.314 e. The van der Waals surface area contributed by atoms with Crippen molar-refractivity contribution in [2.24, 2.45) is 5.92 Å². The lowest BCUT2D eigenvalue weighted by atomic mass is 9.94. The third kappa shape index (κ3) is 3.45. The van der Waals surface area contributed by atoms with Gasteiger partial charge in [-0.25, -0.2) is 0 Å². The summed E-state index contributed by atoms with van der Waals surface area (Å²) in [6.45, 7) is 9.76. The normalized spacial score (nSPS) is 26.7. The molecule has 1 saturated carbocycles. The number of nitrogens with one attached hydrogen (secondary N) is 1. The Hall–Kier alpha value is -0.300. The maximum Gasteiger partial charge on any atom is 0.00983 e. The van der Waals surface area contributed by atoms with Gasteiger partial charge in [0.25, 0.3) is 0 Å². The lowest BCUT2D eigenvalue weighted by Gasteiger charge is -2.21. The lowest BCUT2D eigenvalue weighted by Crippen LogP contribution is -2.33. The zero-order chi connectivity index (χ0) is 10.4. The van der Waals surface area contributed by atoms with Gasteiger partial charge >= 0.3 is 0 Å². The first kappa shape index (κ1) is 11.8. The zero-order valence-electron chi connectivity index (χ0n) is 9.81. The zero-order valence-corrected chi connectivity index (χ0v) is 9.81. The van der Waals surface area contributed by atoms with Gasteiger partial charge in [-0.05, 0) is 44.6 Å². The summed E-state index contributed by atoms with van der Waals surface area (Å²) < 4.78 is 0. The highest BCUT2D eigenvalue weighted by molar-refractivity contribution is 4.98. The SMILES string of the molecule is C=C(CC)CC1CCCC1NCCC. The number of hydrogen-bond donors (Lipinski definition) is 1. The molecule has 0 aliphatic heterocycles. The van der Waals surface area contributed by atoms with Crippen molar-refractivity contribution in [2.45, 2.75) is 58.4 Å². The Morgan fingerprint density at radius 3 is 2.79 bits per heavy atom. The predicted octanol–water partition coefficient (Wildman–Crippen LogP) is 3.51. The maximum absolute atomic E-state index is 4.12. The first-order valence-corrected chi connectivity index (χ1v) is 6.18. The summed E-state index contributed by atoms with van der Waals surface area (Å²) in [5.41, 5.74) is 1.43. The molecule has 0 radical (unpaired) electrons. The van der Waals surface area contributed by atoms with Gasteiger partial charge in [0, 0.05) is 6.04 Å². The molecular formula is C13H25N. The molecule has 0 aromatic rings. The van der Waals surface area contributed by atoms with E-state index in [0.717, 1.165) is 18.4 Å². The van der Waals surface area contributed by atoms with Crippen LogP contribution in [0.3, 0.4) is 0 Å². The molecule has 2 atom stereocenters. The standard InChI is InChI=1S/C13H25N/c1-4-9-14-13-8-6-7-12(13)10-11(3)5-2/h12-14H,3-10H2,1-2H3. The minimum atomic E-state index is 0.776. The Morgan fingerprint density at radius 1 is 1.36 bits per heavy atom. The van der Waals surface area contributed by atoms with Crippen LogP contribution in [0.4, 0.5) is 0 Å². The average Bonchev–Trinajstić information content (AvgIpc) is 2.62. The maximum atomic E-state index is 4.12. The Kier molecular flexibility index (Phi) is 5.24. The van der Waals surface area contributed by atoms with E-state index < -0.39 is 0 Å². The van der Waals surface area contributed by atoms with Gasteiger partial charge in [0.05, 0.1) is 0 Å². The van der Waals surface area contributed by atoms with Gasteiger partial charge in [0.2, 0.25) is 0 Å². The van der Waals surface area contributed by atoms with Gasteiger partial charge in [-0.15, -0.1) is 0 Å². The van der Waals surface area contributed by atoms with Gasteiger partial charge in [-0.1, -0.05) is 32.4 Å². The highest BCUT2D eigenvalue weighted by Gasteiger charge is 2.26. The van der Waals surface area contributed by atoms with Crippen LogP contribution in [-0.4, -0.2) is 12.6 Å². The Labute approximate surface area is 89.0 Å². The first-order valence-electron chi connectivity index (χ1n) is 6.18. The highest BCUT2D eigenvalue weighted by Crippen LogP contribution is 2.31. The van der Waals surface area contributed by atoms with Crippen molar-refractivity contribution >= 4 is 0 Å². The number of allylic oxidation sites excluding steroid dienone is 1. The van der Waals surface area contributed by atoms with Crippen LogP contribution in [0.25, 0.3) is 0 Å². The molecule has 0 spiro atoms. The van der Waals surface area contributed by atoms with E-state index in [-0.39, 0.29) is 0 Å². The third-order valence-corrected chi connectivity index (χ3v) is 3.37. The fraction of sp³-hybridized carbons (Fsp3) is 0.846. The molecule has 1 heteroatoms. The van der Waals surface area contributed by atoms with Crippen molar-refractivity contribution in [1.29, 1.82) is 0 Å². The summed E-state index contributed by atoms with van der Waals surface area (Å²) >= 11 is 0. The van der Waals surface area contributed by atoms with Crippen molar-refractivity contribution in [3.05, 3.63) is 12.2 Å². The summed E-state index contributed by atoms with van der Waals surface area (Å²) in [5.74, 6) is 0.869. The number of hydrogen-bond acceptors (Lipinski definition) is 1. The molecule has 0 aromatic carbocycles. The fourth-order valence-corrected chi connectivity index (χ4v) is 2.39. The Bertz CT molecular complexity index is 174. The molecule has 1 aliphatic carbocycles. The van der Waals surface area contributed by atoms with Crippen LogP contribution >= 0.6 is 0 Å². The topological polar surface area (TPSA) is 12.0 Å². The first-order chi connectivity index (χ1) is 6.77. The lowest BCUT2D eigenvalue weighted by molar-refractivity contribution is 0.396. The minimum absolute atomic E-state index is 0.776. The van der Waals surface area contributed by atoms with Crippen molar-refractivity contribution in [3.63, 3.8) is 0 Å². The van der Waals surface area contributed by atoms with E-state index in [4.69, 9.17) is 0 Å². The summed E-state index contributed by atoms with van der Waals surface area (Å²) in [6.07, 6.45) is 7.83. The highest BCUT2D eigenvalue weighted by atomic mass is 14.9. The second-order valence-electron chi connectivity index (χ2n) is 4.56. The summed E-state index contributed by atoms with van der Waals surface area (Å²) in [4.78, 5) is 0. The smallest absolute Gasteiger partial charge is 0.00983 e. The van der Waals surface area contributed by atoms with Gasteiger partial charge in [0.1, 0.15) is 0 Å². The summed E-state index contributed by atoms with van der Waals surface area (Å²) in [7, 11) is 0. The minimum Gasteiger partial charge on any atom is -0.314 e. The molecule has 14 heavy (non-hydrogen) atoms.